The quantitative estimate of drug-likeness (QED) is 0.423. The molecule has 2 N–H and O–H groups in total. The number of likely N-dealkylation sites (tertiary alicyclic amines) is 2. The number of hydrogen-bond donors (Lipinski definition) is 2. The van der Waals surface area contributed by atoms with Crippen molar-refractivity contribution in [3.8, 4) is 0 Å². The number of carbonyl (C=O) groups excluding carboxylic acids is 3. The fraction of sp³-hybridized carbons (Fsp3) is 0.676. The van der Waals surface area contributed by atoms with E-state index in [0.29, 0.717) is 18.3 Å². The summed E-state index contributed by atoms with van der Waals surface area (Å²) in [6, 6.07) is 5.80. The molecule has 0 aromatic heterocycles. The predicted octanol–water partition coefficient (Wildman–Crippen LogP) is 4.50. The molecule has 0 radical (unpaired) electrons. The standard InChI is InChI=1S/C34H48N4O4/c1-4-26-13-8-9-18-37(26)19-10-20-38-30(32(40)35-24-11-6-5-7-12-24)34-17-16-27(42-34)28(29(34)33(38)41)31(39)36-25-15-14-22(2)23(3)21-25/h14-17,21,24,26-30H,4-13,18-20H2,1-3H3,(H,35,40)(H,36,39). The maximum atomic E-state index is 14.3. The minimum absolute atomic E-state index is 0.128. The van der Waals surface area contributed by atoms with Crippen LogP contribution in [0.5, 0.6) is 0 Å². The number of ether oxygens (including phenoxy) is 1. The van der Waals surface area contributed by atoms with Gasteiger partial charge in [-0.25, -0.2) is 0 Å². The molecule has 1 aromatic carbocycles. The van der Waals surface area contributed by atoms with E-state index in [-0.39, 0.29) is 23.8 Å². The largest absolute Gasteiger partial charge is 0.359 e. The maximum absolute atomic E-state index is 14.3. The van der Waals surface area contributed by atoms with E-state index >= 15 is 0 Å². The summed E-state index contributed by atoms with van der Waals surface area (Å²) in [5, 5.41) is 6.35. The third kappa shape index (κ3) is 5.30. The molecule has 8 heteroatoms. The van der Waals surface area contributed by atoms with Gasteiger partial charge in [-0.3, -0.25) is 14.4 Å². The first-order chi connectivity index (χ1) is 20.3. The molecule has 3 saturated heterocycles. The van der Waals surface area contributed by atoms with Gasteiger partial charge in [0.05, 0.1) is 17.9 Å². The third-order valence-electron chi connectivity index (χ3n) is 10.7. The molecule has 6 unspecified atom stereocenters. The lowest BCUT2D eigenvalue weighted by Crippen LogP contribution is -2.56. The summed E-state index contributed by atoms with van der Waals surface area (Å²) < 4.78 is 6.55. The van der Waals surface area contributed by atoms with E-state index in [1.54, 1.807) is 4.90 Å². The number of aryl methyl sites for hydroxylation is 2. The van der Waals surface area contributed by atoms with Crippen LogP contribution < -0.4 is 10.6 Å². The van der Waals surface area contributed by atoms with Crippen molar-refractivity contribution in [3.63, 3.8) is 0 Å². The van der Waals surface area contributed by atoms with Gasteiger partial charge in [0.1, 0.15) is 11.6 Å². The minimum atomic E-state index is -1.11. The monoisotopic (exact) mass is 576 g/mol. The van der Waals surface area contributed by atoms with Crippen molar-refractivity contribution in [2.45, 2.75) is 115 Å². The topological polar surface area (TPSA) is 91.0 Å². The lowest BCUT2D eigenvalue weighted by molar-refractivity contribution is -0.141. The van der Waals surface area contributed by atoms with Crippen LogP contribution in [-0.2, 0) is 19.1 Å². The summed E-state index contributed by atoms with van der Waals surface area (Å²) in [6.07, 6.45) is 14.3. The predicted molar refractivity (Wildman–Crippen MR) is 163 cm³/mol. The van der Waals surface area contributed by atoms with Gasteiger partial charge in [-0.05, 0) is 82.2 Å². The number of piperidine rings is 1. The molecule has 4 aliphatic heterocycles. The molecular formula is C34H48N4O4. The van der Waals surface area contributed by atoms with Crippen molar-refractivity contribution in [1.82, 2.24) is 15.1 Å². The summed E-state index contributed by atoms with van der Waals surface area (Å²) in [4.78, 5) is 46.4. The molecular weight excluding hydrogens is 528 g/mol. The van der Waals surface area contributed by atoms with Gasteiger partial charge < -0.3 is 25.2 Å². The number of nitrogens with one attached hydrogen (secondary N) is 2. The van der Waals surface area contributed by atoms with Gasteiger partial charge in [0, 0.05) is 30.9 Å². The molecule has 4 fully saturated rings. The van der Waals surface area contributed by atoms with Crippen molar-refractivity contribution in [1.29, 1.82) is 0 Å². The second-order valence-corrected chi connectivity index (χ2v) is 13.3. The Hall–Kier alpha value is -2.71. The normalized spacial score (nSPS) is 32.8. The highest BCUT2D eigenvalue weighted by Crippen LogP contribution is 2.55. The Bertz CT molecular complexity index is 1230. The summed E-state index contributed by atoms with van der Waals surface area (Å²) >= 11 is 0. The van der Waals surface area contributed by atoms with Crippen LogP contribution in [0.1, 0.15) is 82.3 Å². The molecule has 3 amide bonds. The molecule has 1 aliphatic carbocycles. The zero-order valence-corrected chi connectivity index (χ0v) is 25.6. The molecule has 8 nitrogen and oxygen atoms in total. The Morgan fingerprint density at radius 3 is 2.55 bits per heavy atom. The first-order valence-electron chi connectivity index (χ1n) is 16.4. The number of anilines is 1. The molecule has 1 saturated carbocycles. The first-order valence-corrected chi connectivity index (χ1v) is 16.4. The molecule has 228 valence electrons. The second-order valence-electron chi connectivity index (χ2n) is 13.3. The second kappa shape index (κ2) is 12.1. The lowest BCUT2D eigenvalue weighted by atomic mass is 9.74. The van der Waals surface area contributed by atoms with Crippen molar-refractivity contribution >= 4 is 23.4 Å². The van der Waals surface area contributed by atoms with Gasteiger partial charge in [-0.1, -0.05) is 50.8 Å². The van der Waals surface area contributed by atoms with E-state index in [2.05, 4.69) is 22.5 Å². The third-order valence-corrected chi connectivity index (χ3v) is 10.7. The van der Waals surface area contributed by atoms with Crippen LogP contribution in [0.25, 0.3) is 0 Å². The van der Waals surface area contributed by atoms with Gasteiger partial charge >= 0.3 is 0 Å². The van der Waals surface area contributed by atoms with Gasteiger partial charge in [0.25, 0.3) is 0 Å². The first kappa shape index (κ1) is 29.4. The number of hydrogen-bond acceptors (Lipinski definition) is 5. The maximum Gasteiger partial charge on any atom is 0.246 e. The number of rotatable bonds is 9. The van der Waals surface area contributed by atoms with Crippen LogP contribution in [0.3, 0.4) is 0 Å². The van der Waals surface area contributed by atoms with Crippen molar-refractivity contribution < 1.29 is 19.1 Å². The Morgan fingerprint density at radius 1 is 1.00 bits per heavy atom. The molecule has 4 heterocycles. The number of nitrogens with zero attached hydrogens (tertiary/aromatic N) is 2. The van der Waals surface area contributed by atoms with E-state index in [9.17, 15) is 14.4 Å². The average molecular weight is 577 g/mol. The zero-order valence-electron chi connectivity index (χ0n) is 25.6. The van der Waals surface area contributed by atoms with Gasteiger partial charge in [0.15, 0.2) is 0 Å². The average Bonchev–Trinajstić information content (AvgIpc) is 3.63. The summed E-state index contributed by atoms with van der Waals surface area (Å²) in [5.41, 5.74) is 1.85. The van der Waals surface area contributed by atoms with Crippen LogP contribution in [0.15, 0.2) is 30.4 Å². The van der Waals surface area contributed by atoms with E-state index in [4.69, 9.17) is 4.74 Å². The fourth-order valence-corrected chi connectivity index (χ4v) is 8.34. The Kier molecular flexibility index (Phi) is 8.47. The Labute approximate surface area is 250 Å². The summed E-state index contributed by atoms with van der Waals surface area (Å²) in [5.74, 6) is -1.87. The molecule has 1 spiro atoms. The highest BCUT2D eigenvalue weighted by Gasteiger charge is 2.72. The van der Waals surface area contributed by atoms with Crippen molar-refractivity contribution in [2.75, 3.05) is 25.0 Å². The molecule has 6 rings (SSSR count). The van der Waals surface area contributed by atoms with E-state index in [0.717, 1.165) is 62.7 Å². The highest BCUT2D eigenvalue weighted by molar-refractivity contribution is 6.02. The van der Waals surface area contributed by atoms with Crippen LogP contribution in [-0.4, -0.2) is 77.0 Å². The smallest absolute Gasteiger partial charge is 0.246 e. The van der Waals surface area contributed by atoms with Crippen LogP contribution in [0.2, 0.25) is 0 Å². The van der Waals surface area contributed by atoms with Crippen LogP contribution >= 0.6 is 0 Å². The molecule has 2 bridgehead atoms. The number of benzene rings is 1. The highest BCUT2D eigenvalue weighted by atomic mass is 16.5. The molecule has 6 atom stereocenters. The van der Waals surface area contributed by atoms with Crippen molar-refractivity contribution in [3.05, 3.63) is 41.5 Å². The van der Waals surface area contributed by atoms with Crippen LogP contribution in [0.4, 0.5) is 5.69 Å². The van der Waals surface area contributed by atoms with E-state index in [1.165, 1.54) is 25.7 Å². The van der Waals surface area contributed by atoms with E-state index < -0.39 is 29.6 Å². The number of fused-ring (bicyclic) bond motifs is 1. The minimum Gasteiger partial charge on any atom is -0.359 e. The van der Waals surface area contributed by atoms with Crippen molar-refractivity contribution in [2.24, 2.45) is 11.8 Å². The van der Waals surface area contributed by atoms with Crippen LogP contribution in [0, 0.1) is 25.7 Å². The summed E-state index contributed by atoms with van der Waals surface area (Å²) in [7, 11) is 0. The molecule has 42 heavy (non-hydrogen) atoms. The van der Waals surface area contributed by atoms with Gasteiger partial charge in [-0.2, -0.15) is 0 Å². The van der Waals surface area contributed by atoms with E-state index in [1.807, 2.05) is 44.2 Å². The van der Waals surface area contributed by atoms with Gasteiger partial charge in [0.2, 0.25) is 17.7 Å². The number of carbonyl (C=O) groups is 3. The lowest BCUT2D eigenvalue weighted by Gasteiger charge is -2.36. The summed E-state index contributed by atoms with van der Waals surface area (Å²) in [6.45, 7) is 8.80. The van der Waals surface area contributed by atoms with Gasteiger partial charge in [-0.15, -0.1) is 0 Å². The molecule has 5 aliphatic rings. The fourth-order valence-electron chi connectivity index (χ4n) is 8.34. The SMILES string of the molecule is CCC1CCCCN1CCCN1C(=O)C2C(C(=O)Nc3ccc(C)c(C)c3)C3C=CC2(O3)C1C(=O)NC1CCCCC1. The Balaban J connectivity index is 1.23. The molecule has 1 aromatic rings. The Morgan fingerprint density at radius 2 is 1.79 bits per heavy atom. The number of amides is 3. The zero-order chi connectivity index (χ0) is 29.4.